The van der Waals surface area contributed by atoms with E-state index in [1.807, 2.05) is 0 Å². The topological polar surface area (TPSA) is 103 Å². The molecule has 6 rings (SSSR count). The molecule has 3 heterocycles. The molecule has 9 heteroatoms. The number of fused-ring (bicyclic) bond motifs is 2. The largest absolute Gasteiger partial charge is 0.506 e. The molecule has 4 aromatic rings. The number of benzene rings is 3. The van der Waals surface area contributed by atoms with Gasteiger partial charge >= 0.3 is 5.63 Å². The highest BCUT2D eigenvalue weighted by Crippen LogP contribution is 2.50. The van der Waals surface area contributed by atoms with Crippen LogP contribution in [0.25, 0.3) is 16.5 Å². The molecule has 2 aliphatic heterocycles. The van der Waals surface area contributed by atoms with Crippen molar-refractivity contribution in [2.75, 3.05) is 13.1 Å². The number of ketones is 1. The van der Waals surface area contributed by atoms with Crippen molar-refractivity contribution in [2.45, 2.75) is 12.1 Å². The number of carbonyl (C=O) groups is 1. The fourth-order valence-corrected chi connectivity index (χ4v) is 5.15. The number of hydrogen-bond donors (Lipinski definition) is 2. The summed E-state index contributed by atoms with van der Waals surface area (Å²) in [5, 5.41) is 24.0. The van der Waals surface area contributed by atoms with E-state index in [-0.39, 0.29) is 45.6 Å². The molecule has 1 unspecified atom stereocenters. The molecule has 38 heavy (non-hydrogen) atoms. The molecule has 7 nitrogen and oxygen atoms in total. The lowest BCUT2D eigenvalue weighted by molar-refractivity contribution is -0.0169. The van der Waals surface area contributed by atoms with Gasteiger partial charge in [-0.05, 0) is 55.0 Å². The molecular weight excluding hydrogens is 494 g/mol. The lowest BCUT2D eigenvalue weighted by Gasteiger charge is -2.39. The molecule has 3 aromatic carbocycles. The highest BCUT2D eigenvalue weighted by molar-refractivity contribution is 6.34. The normalized spacial score (nSPS) is 19.0. The van der Waals surface area contributed by atoms with Crippen LogP contribution < -0.4 is 5.63 Å². The third kappa shape index (κ3) is 3.47. The minimum Gasteiger partial charge on any atom is -0.506 e. The standard InChI is InChI=1S/C29H20F2N2O5/c30-18-10-6-16(7-11-18)25(34)22-24(23-26(35)20-4-1-2-5-21(20)38-28(23)36)29(37,17-8-12-19(31)13-9-17)33-15-3-14-32-27(22)33/h1-2,4-13,35,37H,3,14-15H2. The number of aromatic hydroxyl groups is 1. The second-order valence-corrected chi connectivity index (χ2v) is 9.08. The molecule has 2 N–H and O–H groups in total. The van der Waals surface area contributed by atoms with Gasteiger partial charge in [0.15, 0.2) is 11.5 Å². The van der Waals surface area contributed by atoms with Crippen molar-refractivity contribution < 1.29 is 28.2 Å². The second-order valence-electron chi connectivity index (χ2n) is 9.08. The van der Waals surface area contributed by atoms with Crippen LogP contribution in [-0.2, 0) is 5.72 Å². The van der Waals surface area contributed by atoms with Crippen LogP contribution in [0.4, 0.5) is 8.78 Å². The highest BCUT2D eigenvalue weighted by atomic mass is 19.1. The quantitative estimate of drug-likeness (QED) is 0.310. The first-order chi connectivity index (χ1) is 18.3. The van der Waals surface area contributed by atoms with Gasteiger partial charge in [0.2, 0.25) is 0 Å². The Kier molecular flexibility index (Phi) is 5.46. The summed E-state index contributed by atoms with van der Waals surface area (Å²) in [7, 11) is 0. The van der Waals surface area contributed by atoms with Crippen molar-refractivity contribution >= 4 is 28.2 Å². The monoisotopic (exact) mass is 514 g/mol. The van der Waals surface area contributed by atoms with Crippen molar-refractivity contribution in [3.63, 3.8) is 0 Å². The number of nitrogens with zero attached hydrogens (tertiary/aromatic N) is 2. The van der Waals surface area contributed by atoms with Crippen LogP contribution in [0.3, 0.4) is 0 Å². The highest BCUT2D eigenvalue weighted by Gasteiger charge is 2.54. The molecule has 0 radical (unpaired) electrons. The molecular formula is C29H20F2N2O5. The Morgan fingerprint density at radius 3 is 2.34 bits per heavy atom. The van der Waals surface area contributed by atoms with Crippen LogP contribution >= 0.6 is 0 Å². The zero-order chi connectivity index (χ0) is 26.6. The number of aliphatic hydroxyl groups is 1. The number of aliphatic imine (C=N–C) groups is 1. The van der Waals surface area contributed by atoms with E-state index < -0.39 is 40.1 Å². The van der Waals surface area contributed by atoms with E-state index in [0.717, 1.165) is 24.3 Å². The number of Topliss-reactive ketones (excluding diaryl/α,β-unsaturated/α-hetero) is 1. The fraction of sp³-hybridized carbons (Fsp3) is 0.138. The molecule has 0 bridgehead atoms. The van der Waals surface area contributed by atoms with E-state index in [1.165, 1.54) is 41.3 Å². The maximum atomic E-state index is 14.0. The van der Waals surface area contributed by atoms with Crippen LogP contribution in [-0.4, -0.2) is 39.8 Å². The Balaban J connectivity index is 1.74. The second kappa shape index (κ2) is 8.74. The Labute approximate surface area is 214 Å². The van der Waals surface area contributed by atoms with Crippen LogP contribution in [0.15, 0.2) is 92.6 Å². The molecule has 1 aromatic heterocycles. The van der Waals surface area contributed by atoms with Crippen molar-refractivity contribution in [1.29, 1.82) is 0 Å². The molecule has 0 amide bonds. The van der Waals surface area contributed by atoms with Gasteiger partial charge in [0.25, 0.3) is 0 Å². The third-order valence-corrected chi connectivity index (χ3v) is 6.89. The Morgan fingerprint density at radius 1 is 0.974 bits per heavy atom. The summed E-state index contributed by atoms with van der Waals surface area (Å²) in [4.78, 5) is 33.4. The molecule has 0 fully saturated rings. The Hall–Kier alpha value is -4.63. The average molecular weight is 514 g/mol. The smallest absolute Gasteiger partial charge is 0.347 e. The van der Waals surface area contributed by atoms with E-state index >= 15 is 0 Å². The van der Waals surface area contributed by atoms with Crippen LogP contribution in [0, 0.1) is 11.6 Å². The summed E-state index contributed by atoms with van der Waals surface area (Å²) in [6.07, 6.45) is 0.524. The van der Waals surface area contributed by atoms with Crippen molar-refractivity contribution in [2.24, 2.45) is 4.99 Å². The molecule has 1 atom stereocenters. The molecule has 0 aliphatic carbocycles. The lowest BCUT2D eigenvalue weighted by Crippen LogP contribution is -2.48. The van der Waals surface area contributed by atoms with Gasteiger partial charge in [0, 0.05) is 29.8 Å². The number of rotatable bonds is 4. The SMILES string of the molecule is O=C(C1=C(c2c(O)c3ccccc3oc2=O)C(O)(c2ccc(F)cc2)N2CCCN=C12)c1ccc(F)cc1. The summed E-state index contributed by atoms with van der Waals surface area (Å²) in [5.74, 6) is -2.12. The van der Waals surface area contributed by atoms with Gasteiger partial charge < -0.3 is 19.5 Å². The number of amidine groups is 1. The van der Waals surface area contributed by atoms with E-state index in [0.29, 0.717) is 13.0 Å². The average Bonchev–Trinajstić information content (AvgIpc) is 3.18. The summed E-state index contributed by atoms with van der Waals surface area (Å²) in [5.41, 5.74) is -3.62. The van der Waals surface area contributed by atoms with E-state index in [2.05, 4.69) is 4.99 Å². The predicted octanol–water partition coefficient (Wildman–Crippen LogP) is 4.38. The van der Waals surface area contributed by atoms with Gasteiger partial charge in [-0.1, -0.05) is 24.3 Å². The maximum absolute atomic E-state index is 14.0. The number of carbonyl (C=O) groups excluding carboxylic acids is 1. The summed E-state index contributed by atoms with van der Waals surface area (Å²) in [6.45, 7) is 0.590. The van der Waals surface area contributed by atoms with E-state index in [9.17, 15) is 28.6 Å². The van der Waals surface area contributed by atoms with Gasteiger partial charge in [0.1, 0.15) is 34.4 Å². The number of para-hydroxylation sites is 1. The summed E-state index contributed by atoms with van der Waals surface area (Å²) < 4.78 is 33.0. The van der Waals surface area contributed by atoms with Crippen LogP contribution in [0.1, 0.15) is 27.9 Å². The predicted molar refractivity (Wildman–Crippen MR) is 136 cm³/mol. The molecule has 0 saturated heterocycles. The van der Waals surface area contributed by atoms with Crippen LogP contribution in [0.2, 0.25) is 0 Å². The summed E-state index contributed by atoms with van der Waals surface area (Å²) >= 11 is 0. The van der Waals surface area contributed by atoms with Gasteiger partial charge in [-0.2, -0.15) is 0 Å². The first kappa shape index (κ1) is 23.7. The van der Waals surface area contributed by atoms with E-state index in [4.69, 9.17) is 4.42 Å². The summed E-state index contributed by atoms with van der Waals surface area (Å²) in [6, 6.07) is 16.1. The van der Waals surface area contributed by atoms with E-state index in [1.54, 1.807) is 12.1 Å². The van der Waals surface area contributed by atoms with Gasteiger partial charge in [-0.25, -0.2) is 13.6 Å². The Morgan fingerprint density at radius 2 is 1.63 bits per heavy atom. The van der Waals surface area contributed by atoms with Crippen molar-refractivity contribution in [3.8, 4) is 5.75 Å². The van der Waals surface area contributed by atoms with Gasteiger partial charge in [-0.15, -0.1) is 0 Å². The molecule has 2 aliphatic rings. The first-order valence-electron chi connectivity index (χ1n) is 11.9. The van der Waals surface area contributed by atoms with Crippen LogP contribution in [0.5, 0.6) is 5.75 Å². The Bertz CT molecular complexity index is 1730. The minimum atomic E-state index is -2.19. The zero-order valence-electron chi connectivity index (χ0n) is 19.8. The van der Waals surface area contributed by atoms with Gasteiger partial charge in [0.05, 0.1) is 11.0 Å². The number of halogens is 2. The molecule has 0 saturated carbocycles. The number of hydrogen-bond acceptors (Lipinski definition) is 7. The van der Waals surface area contributed by atoms with Crippen molar-refractivity contribution in [1.82, 2.24) is 4.90 Å². The van der Waals surface area contributed by atoms with Crippen molar-refractivity contribution in [3.05, 3.63) is 117 Å². The molecule has 190 valence electrons. The first-order valence-corrected chi connectivity index (χ1v) is 11.9. The lowest BCUT2D eigenvalue weighted by atomic mass is 9.86. The fourth-order valence-electron chi connectivity index (χ4n) is 5.15. The minimum absolute atomic E-state index is 0.0835. The van der Waals surface area contributed by atoms with Gasteiger partial charge in [-0.3, -0.25) is 9.79 Å². The zero-order valence-corrected chi connectivity index (χ0v) is 19.8. The molecule has 0 spiro atoms. The third-order valence-electron chi connectivity index (χ3n) is 6.89. The maximum Gasteiger partial charge on any atom is 0.347 e.